The largest absolute Gasteiger partial charge is 0.421 e. The molecule has 0 unspecified atom stereocenters. The van der Waals surface area contributed by atoms with E-state index in [4.69, 9.17) is 0 Å². The first-order chi connectivity index (χ1) is 22.5. The Kier molecular flexibility index (Phi) is 12.5. The van der Waals surface area contributed by atoms with Crippen molar-refractivity contribution in [2.75, 3.05) is 0 Å². The summed E-state index contributed by atoms with van der Waals surface area (Å²) >= 11 is 0. The molecule has 0 atom stereocenters. The monoisotopic (exact) mass is 858 g/mol. The maximum Gasteiger partial charge on any atom is 0.394 e. The van der Waals surface area contributed by atoms with Crippen LogP contribution in [-0.2, 0) is 46.6 Å². The minimum Gasteiger partial charge on any atom is -0.421 e. The molecule has 0 bridgehead atoms. The maximum atomic E-state index is 12.6. The molecule has 0 aliphatic carbocycles. The Morgan fingerprint density at radius 1 is 0.714 bits per heavy atom. The molecule has 15 heteroatoms. The number of imidazole rings is 2. The smallest absolute Gasteiger partial charge is 0.394 e. The van der Waals surface area contributed by atoms with Gasteiger partial charge in [0.1, 0.15) is 0 Å². The van der Waals surface area contributed by atoms with Crippen LogP contribution in [0.15, 0.2) is 60.8 Å². The molecule has 261 valence electrons. The zero-order chi connectivity index (χ0) is 35.4. The second kappa shape index (κ2) is 15.7. The molecule has 6 aromatic rings. The van der Waals surface area contributed by atoms with Crippen molar-refractivity contribution in [2.24, 2.45) is 14.1 Å². The molecule has 4 aromatic heterocycles. The number of nitrogens with zero attached hydrogens (tertiary/aromatic N) is 8. The number of pyridine rings is 1. The zero-order valence-electron chi connectivity index (χ0n) is 27.5. The van der Waals surface area contributed by atoms with Crippen LogP contribution >= 0.6 is 0 Å². The number of aromatic nitrogens is 8. The third-order valence-electron chi connectivity index (χ3n) is 7.38. The number of hydrogen-bond acceptors (Lipinski definition) is 3. The zero-order valence-corrected chi connectivity index (χ0v) is 29.8. The molecule has 0 saturated heterocycles. The van der Waals surface area contributed by atoms with Crippen molar-refractivity contribution < 1.29 is 55.6 Å². The van der Waals surface area contributed by atoms with E-state index in [9.17, 15) is 26.3 Å². The summed E-state index contributed by atoms with van der Waals surface area (Å²) in [4.78, 5) is 8.19. The Morgan fingerprint density at radius 3 is 1.51 bits per heavy atom. The predicted molar refractivity (Wildman–Crippen MR) is 162 cm³/mol. The van der Waals surface area contributed by atoms with Crippen LogP contribution in [0.5, 0.6) is 0 Å². The van der Waals surface area contributed by atoms with E-state index in [0.29, 0.717) is 23.0 Å². The van der Waals surface area contributed by atoms with Crippen LogP contribution in [0.4, 0.5) is 26.3 Å². The van der Waals surface area contributed by atoms with E-state index in [1.807, 2.05) is 45.9 Å². The number of rotatable bonds is 3. The van der Waals surface area contributed by atoms with Crippen LogP contribution in [0.2, 0.25) is 0 Å². The van der Waals surface area contributed by atoms with Crippen molar-refractivity contribution in [3.05, 3.63) is 125 Å². The third-order valence-corrected chi connectivity index (χ3v) is 7.38. The number of halogens is 6. The Morgan fingerprint density at radius 2 is 1.18 bits per heavy atom. The van der Waals surface area contributed by atoms with Gasteiger partial charge in [-0.15, -0.1) is 0 Å². The molecule has 1 radical (unpaired) electrons. The molecule has 0 saturated carbocycles. The van der Waals surface area contributed by atoms with Gasteiger partial charge in [-0.2, -0.15) is 74.9 Å². The fourth-order valence-electron chi connectivity index (χ4n) is 4.32. The second-order valence-electron chi connectivity index (χ2n) is 10.6. The van der Waals surface area contributed by atoms with Crippen LogP contribution in [-0.4, -0.2) is 24.2 Å². The first-order valence-corrected chi connectivity index (χ1v) is 14.4. The first kappa shape index (κ1) is 38.8. The molecule has 8 nitrogen and oxygen atoms in total. The average Bonchev–Trinajstić information content (AvgIpc) is 3.69. The normalized spacial score (nSPS) is 11.2. The minimum atomic E-state index is -4.35. The summed E-state index contributed by atoms with van der Waals surface area (Å²) < 4.78 is 82.4. The Balaban J connectivity index is 0.000000201. The SMILES string of the molecule is Cc1c(C)[n+](C)[c-]n1-c1[c-]ccc(C(F)(F)F)c1.Cc1c(C)[n+](C)[c-]n1-c1[c-]ccc(C(F)(F)F)c1.Cc1n[n-]c(-c2ccccn2)n1.[Ir]. The number of alkyl halides is 6. The van der Waals surface area contributed by atoms with E-state index in [0.717, 1.165) is 52.7 Å². The van der Waals surface area contributed by atoms with E-state index < -0.39 is 23.5 Å². The Bertz CT molecular complexity index is 1890. The molecule has 0 spiro atoms. The molecular formula is C34H31F6IrN8-3. The molecule has 0 amide bonds. The summed E-state index contributed by atoms with van der Waals surface area (Å²) in [6.07, 6.45) is -1.10. The van der Waals surface area contributed by atoms with Crippen molar-refractivity contribution in [3.8, 4) is 22.9 Å². The van der Waals surface area contributed by atoms with Gasteiger partial charge in [-0.1, -0.05) is 28.6 Å². The van der Waals surface area contributed by atoms with Gasteiger partial charge in [0.15, 0.2) is 0 Å². The summed E-state index contributed by atoms with van der Waals surface area (Å²) in [5.41, 5.74) is 3.65. The summed E-state index contributed by atoms with van der Waals surface area (Å²) in [5.74, 6) is 1.27. The van der Waals surface area contributed by atoms with Gasteiger partial charge in [-0.05, 0) is 52.6 Å². The van der Waals surface area contributed by atoms with Gasteiger partial charge in [-0.3, -0.25) is 10.1 Å². The fourth-order valence-corrected chi connectivity index (χ4v) is 4.32. The first-order valence-electron chi connectivity index (χ1n) is 14.4. The number of hydrogen-bond donors (Lipinski definition) is 0. The van der Waals surface area contributed by atoms with E-state index in [1.54, 1.807) is 45.5 Å². The van der Waals surface area contributed by atoms with E-state index in [-0.39, 0.29) is 20.1 Å². The predicted octanol–water partition coefficient (Wildman–Crippen LogP) is 5.88. The Hall–Kier alpha value is -4.62. The number of benzene rings is 2. The summed E-state index contributed by atoms with van der Waals surface area (Å²) in [6, 6.07) is 17.9. The van der Waals surface area contributed by atoms with Crippen molar-refractivity contribution in [3.63, 3.8) is 0 Å². The van der Waals surface area contributed by atoms with E-state index in [1.165, 1.54) is 12.1 Å². The summed E-state index contributed by atoms with van der Waals surface area (Å²) in [7, 11) is 3.60. The van der Waals surface area contributed by atoms with Crippen molar-refractivity contribution in [1.29, 1.82) is 0 Å². The van der Waals surface area contributed by atoms with Crippen molar-refractivity contribution >= 4 is 0 Å². The quantitative estimate of drug-likeness (QED) is 0.127. The number of aryl methyl sites for hydroxylation is 3. The van der Waals surface area contributed by atoms with Crippen LogP contribution in [0.1, 0.15) is 39.7 Å². The average molecular weight is 858 g/mol. The standard InChI is InChI=1S/2C13H12F3N2.C8H7N4.Ir/c2*1-9-10(2)18(8-17(9)3)12-6-4-5-11(7-12)13(14,15)16;1-6-10-8(12-11-6)7-4-2-3-5-9-7;/h2*4-5,7H,1-3H3;2-5H,1H3;/q3*-1;. The topological polar surface area (TPSA) is 70.4 Å². The molecule has 0 aliphatic rings. The van der Waals surface area contributed by atoms with Crippen LogP contribution in [0.3, 0.4) is 0 Å². The van der Waals surface area contributed by atoms with E-state index >= 15 is 0 Å². The van der Waals surface area contributed by atoms with Gasteiger partial charge >= 0.3 is 12.4 Å². The third kappa shape index (κ3) is 9.51. The van der Waals surface area contributed by atoms with Gasteiger partial charge < -0.3 is 28.4 Å². The minimum absolute atomic E-state index is 0. The van der Waals surface area contributed by atoms with E-state index in [2.05, 4.69) is 45.0 Å². The Labute approximate surface area is 293 Å². The van der Waals surface area contributed by atoms with Gasteiger partial charge in [0.2, 0.25) is 12.7 Å². The van der Waals surface area contributed by atoms with Gasteiger partial charge in [0, 0.05) is 54.9 Å². The van der Waals surface area contributed by atoms with Crippen molar-refractivity contribution in [1.82, 2.24) is 29.3 Å². The van der Waals surface area contributed by atoms with Gasteiger partial charge in [0.25, 0.3) is 0 Å². The summed E-state index contributed by atoms with van der Waals surface area (Å²) in [6.45, 7) is 9.24. The fraction of sp³-hybridized carbons (Fsp3) is 0.265. The van der Waals surface area contributed by atoms with Crippen LogP contribution in [0, 0.1) is 59.4 Å². The maximum absolute atomic E-state index is 12.6. The molecule has 4 heterocycles. The van der Waals surface area contributed by atoms with Crippen molar-refractivity contribution in [2.45, 2.75) is 47.0 Å². The molecule has 0 fully saturated rings. The van der Waals surface area contributed by atoms with Gasteiger partial charge in [-0.25, -0.2) is 0 Å². The van der Waals surface area contributed by atoms with Crippen LogP contribution < -0.4 is 14.2 Å². The van der Waals surface area contributed by atoms with Crippen LogP contribution in [0.25, 0.3) is 22.9 Å². The molecule has 6 rings (SSSR count). The molecular weight excluding hydrogens is 827 g/mol. The van der Waals surface area contributed by atoms with Gasteiger partial charge in [0.05, 0.1) is 19.8 Å². The molecule has 49 heavy (non-hydrogen) atoms. The second-order valence-corrected chi connectivity index (χ2v) is 10.6. The summed E-state index contributed by atoms with van der Waals surface area (Å²) in [5, 5.41) is 7.65. The molecule has 0 aliphatic heterocycles. The molecule has 0 N–H and O–H groups in total. The molecule has 2 aromatic carbocycles.